The Morgan fingerprint density at radius 2 is 2.12 bits per heavy atom. The fraction of sp³-hybridized carbons (Fsp3) is 0.600. The molecule has 0 unspecified atom stereocenters. The van der Waals surface area contributed by atoms with Crippen LogP contribution >= 0.6 is 0 Å². The first-order valence-corrected chi connectivity index (χ1v) is 9.79. The second-order valence-electron chi connectivity index (χ2n) is 7.47. The van der Waals surface area contributed by atoms with Crippen LogP contribution in [0, 0.1) is 5.92 Å². The van der Waals surface area contributed by atoms with Crippen LogP contribution in [0.15, 0.2) is 18.2 Å². The fourth-order valence-electron chi connectivity index (χ4n) is 4.16. The van der Waals surface area contributed by atoms with Crippen LogP contribution in [-0.4, -0.2) is 28.5 Å². The van der Waals surface area contributed by atoms with Crippen LogP contribution in [0.2, 0.25) is 0 Å². The van der Waals surface area contributed by atoms with Crippen molar-refractivity contribution in [1.29, 1.82) is 0 Å². The number of aryl methyl sites for hydroxylation is 2. The average Bonchev–Trinajstić information content (AvgIpc) is 2.81. The van der Waals surface area contributed by atoms with E-state index in [9.17, 15) is 4.79 Å². The molecule has 1 saturated heterocycles. The second kappa shape index (κ2) is 7.56. The third kappa shape index (κ3) is 3.87. The molecule has 2 aliphatic rings. The van der Waals surface area contributed by atoms with E-state index in [2.05, 4.69) is 21.3 Å². The Morgan fingerprint density at radius 1 is 1.24 bits per heavy atom. The Balaban J connectivity index is 1.40. The zero-order valence-electron chi connectivity index (χ0n) is 14.9. The van der Waals surface area contributed by atoms with Crippen LogP contribution in [0.25, 0.3) is 11.0 Å². The molecule has 3 heterocycles. The molecule has 0 atom stereocenters. The van der Waals surface area contributed by atoms with Gasteiger partial charge in [0.15, 0.2) is 0 Å². The van der Waals surface area contributed by atoms with E-state index in [1.807, 2.05) is 12.1 Å². The highest BCUT2D eigenvalue weighted by Gasteiger charge is 2.16. The predicted molar refractivity (Wildman–Crippen MR) is 101 cm³/mol. The summed E-state index contributed by atoms with van der Waals surface area (Å²) in [4.78, 5) is 17.1. The molecule has 2 aromatic rings. The van der Waals surface area contributed by atoms with Crippen LogP contribution in [0.5, 0.6) is 0 Å². The van der Waals surface area contributed by atoms with Gasteiger partial charge in [-0.05, 0) is 69.3 Å². The summed E-state index contributed by atoms with van der Waals surface area (Å²) in [6.45, 7) is 3.25. The number of nitrogens with one attached hydrogen (secondary N) is 2. The van der Waals surface area contributed by atoms with Crippen molar-refractivity contribution in [3.63, 3.8) is 0 Å². The first kappa shape index (κ1) is 16.6. The highest BCUT2D eigenvalue weighted by Crippen LogP contribution is 2.25. The number of anilines is 1. The third-order valence-corrected chi connectivity index (χ3v) is 5.63. The standard InChI is InChI=1S/C20H28N4O/c25-20(8-5-15-9-11-21-12-10-15)22-16-6-7-18-17(14-16)23-19-4-2-1-3-13-24(18)19/h6-7,14-15,21H,1-5,8-13H2,(H,22,25). The molecular weight excluding hydrogens is 312 g/mol. The quantitative estimate of drug-likeness (QED) is 0.896. The van der Waals surface area contributed by atoms with Gasteiger partial charge >= 0.3 is 0 Å². The number of benzene rings is 1. The Labute approximate surface area is 149 Å². The molecule has 0 bridgehead atoms. The van der Waals surface area contributed by atoms with Crippen molar-refractivity contribution in [2.45, 2.75) is 57.9 Å². The van der Waals surface area contributed by atoms with Gasteiger partial charge in [-0.3, -0.25) is 4.79 Å². The van der Waals surface area contributed by atoms with E-state index in [1.54, 1.807) is 0 Å². The number of amides is 1. The maximum atomic E-state index is 12.3. The van der Waals surface area contributed by atoms with Gasteiger partial charge in [-0.2, -0.15) is 0 Å². The first-order valence-electron chi connectivity index (χ1n) is 9.79. The van der Waals surface area contributed by atoms with Crippen molar-refractivity contribution in [2.24, 2.45) is 5.92 Å². The molecule has 134 valence electrons. The molecule has 1 aromatic heterocycles. The molecule has 4 rings (SSSR count). The van der Waals surface area contributed by atoms with E-state index in [-0.39, 0.29) is 5.91 Å². The van der Waals surface area contributed by atoms with E-state index in [1.165, 1.54) is 43.4 Å². The third-order valence-electron chi connectivity index (χ3n) is 5.63. The number of imidazole rings is 1. The molecule has 0 saturated carbocycles. The molecule has 1 aromatic carbocycles. The number of carbonyl (C=O) groups excluding carboxylic acids is 1. The molecule has 1 amide bonds. The van der Waals surface area contributed by atoms with Gasteiger partial charge in [-0.25, -0.2) is 4.98 Å². The minimum absolute atomic E-state index is 0.124. The van der Waals surface area contributed by atoms with Crippen molar-refractivity contribution >= 4 is 22.6 Å². The zero-order chi connectivity index (χ0) is 17.1. The highest BCUT2D eigenvalue weighted by atomic mass is 16.1. The maximum Gasteiger partial charge on any atom is 0.224 e. The summed E-state index contributed by atoms with van der Waals surface area (Å²) in [5.74, 6) is 2.01. The number of aromatic nitrogens is 2. The van der Waals surface area contributed by atoms with Gasteiger partial charge in [0, 0.05) is 25.1 Å². The lowest BCUT2D eigenvalue weighted by Gasteiger charge is -2.22. The summed E-state index contributed by atoms with van der Waals surface area (Å²) >= 11 is 0. The zero-order valence-corrected chi connectivity index (χ0v) is 14.9. The number of piperidine rings is 1. The lowest BCUT2D eigenvalue weighted by molar-refractivity contribution is -0.116. The highest BCUT2D eigenvalue weighted by molar-refractivity contribution is 5.93. The lowest BCUT2D eigenvalue weighted by Crippen LogP contribution is -2.28. The second-order valence-corrected chi connectivity index (χ2v) is 7.47. The van der Waals surface area contributed by atoms with Crippen molar-refractivity contribution < 1.29 is 4.79 Å². The van der Waals surface area contributed by atoms with E-state index in [0.717, 1.165) is 43.7 Å². The summed E-state index contributed by atoms with van der Waals surface area (Å²) in [5.41, 5.74) is 3.08. The summed E-state index contributed by atoms with van der Waals surface area (Å²) in [6.07, 6.45) is 8.80. The van der Waals surface area contributed by atoms with Gasteiger partial charge in [0.05, 0.1) is 11.0 Å². The van der Waals surface area contributed by atoms with Crippen LogP contribution in [0.1, 0.15) is 50.8 Å². The molecule has 2 N–H and O–H groups in total. The van der Waals surface area contributed by atoms with Crippen LogP contribution in [0.3, 0.4) is 0 Å². The summed E-state index contributed by atoms with van der Waals surface area (Å²) < 4.78 is 2.35. The van der Waals surface area contributed by atoms with Crippen molar-refractivity contribution in [2.75, 3.05) is 18.4 Å². The number of carbonyl (C=O) groups is 1. The number of rotatable bonds is 4. The van der Waals surface area contributed by atoms with E-state index in [0.29, 0.717) is 12.3 Å². The number of hydrogen-bond donors (Lipinski definition) is 2. The summed E-state index contributed by atoms with van der Waals surface area (Å²) in [5, 5.41) is 6.44. The Hall–Kier alpha value is -1.88. The SMILES string of the molecule is O=C(CCC1CCNCC1)Nc1ccc2c(c1)nc1n2CCCCC1. The predicted octanol–water partition coefficient (Wildman–Crippen LogP) is 3.48. The van der Waals surface area contributed by atoms with Crippen molar-refractivity contribution in [3.05, 3.63) is 24.0 Å². The van der Waals surface area contributed by atoms with Gasteiger partial charge in [-0.1, -0.05) is 6.42 Å². The summed E-state index contributed by atoms with van der Waals surface area (Å²) in [6, 6.07) is 6.16. The van der Waals surface area contributed by atoms with Gasteiger partial charge in [-0.15, -0.1) is 0 Å². The van der Waals surface area contributed by atoms with E-state index < -0.39 is 0 Å². The normalized spacial score (nSPS) is 18.7. The molecule has 2 aliphatic heterocycles. The molecule has 0 spiro atoms. The first-order chi connectivity index (χ1) is 12.3. The molecule has 0 aliphatic carbocycles. The molecule has 5 heteroatoms. The van der Waals surface area contributed by atoms with Gasteiger partial charge in [0.1, 0.15) is 5.82 Å². The van der Waals surface area contributed by atoms with E-state index in [4.69, 9.17) is 4.98 Å². The summed E-state index contributed by atoms with van der Waals surface area (Å²) in [7, 11) is 0. The topological polar surface area (TPSA) is 59.0 Å². The largest absolute Gasteiger partial charge is 0.328 e. The van der Waals surface area contributed by atoms with Crippen LogP contribution in [0.4, 0.5) is 5.69 Å². The molecule has 0 radical (unpaired) electrons. The molecular formula is C20H28N4O. The minimum Gasteiger partial charge on any atom is -0.328 e. The van der Waals surface area contributed by atoms with Crippen LogP contribution in [-0.2, 0) is 17.8 Å². The average molecular weight is 340 g/mol. The fourth-order valence-corrected chi connectivity index (χ4v) is 4.16. The number of nitrogens with zero attached hydrogens (tertiary/aromatic N) is 2. The maximum absolute atomic E-state index is 12.3. The van der Waals surface area contributed by atoms with Gasteiger partial charge in [0.25, 0.3) is 0 Å². The Kier molecular flexibility index (Phi) is 5.02. The Morgan fingerprint density at radius 3 is 3.00 bits per heavy atom. The van der Waals surface area contributed by atoms with Crippen LogP contribution < -0.4 is 10.6 Å². The Bertz CT molecular complexity index is 745. The minimum atomic E-state index is 0.124. The lowest BCUT2D eigenvalue weighted by atomic mass is 9.93. The van der Waals surface area contributed by atoms with Gasteiger partial charge in [0.2, 0.25) is 5.91 Å². The molecule has 25 heavy (non-hydrogen) atoms. The van der Waals surface area contributed by atoms with Gasteiger partial charge < -0.3 is 15.2 Å². The van der Waals surface area contributed by atoms with Crippen molar-refractivity contribution in [1.82, 2.24) is 14.9 Å². The number of fused-ring (bicyclic) bond motifs is 3. The molecule has 5 nitrogen and oxygen atoms in total. The van der Waals surface area contributed by atoms with E-state index >= 15 is 0 Å². The monoisotopic (exact) mass is 340 g/mol. The number of hydrogen-bond acceptors (Lipinski definition) is 3. The molecule has 1 fully saturated rings. The van der Waals surface area contributed by atoms with Crippen molar-refractivity contribution in [3.8, 4) is 0 Å². The smallest absolute Gasteiger partial charge is 0.224 e.